The number of rotatable bonds is 4. The molecule has 8 heteroatoms. The largest absolute Gasteiger partial charge is 0.478 e. The number of nitrogens with zero attached hydrogens (tertiary/aromatic N) is 3. The van der Waals surface area contributed by atoms with E-state index in [1.54, 1.807) is 48.7 Å². The van der Waals surface area contributed by atoms with Crippen molar-refractivity contribution in [2.75, 3.05) is 5.32 Å². The smallest absolute Gasteiger partial charge is 0.335 e. The highest BCUT2D eigenvalue weighted by Crippen LogP contribution is 2.34. The summed E-state index contributed by atoms with van der Waals surface area (Å²) < 4.78 is 14.5. The van der Waals surface area contributed by atoms with E-state index in [-0.39, 0.29) is 11.5 Å². The molecule has 2 aromatic heterocycles. The number of hydrogen-bond acceptors (Lipinski definition) is 5. The number of aromatic nitrogens is 3. The van der Waals surface area contributed by atoms with Crippen molar-refractivity contribution in [3.8, 4) is 11.3 Å². The molecule has 0 fully saturated rings. The SMILES string of the molecule is O=C(O)c1cccc(Nc2ncc3nc(-c4ccccc4F)c4cc(Cl)ccc4c3n2)c1. The number of halogens is 2. The fraction of sp³-hybridized carbons (Fsp3) is 0. The van der Waals surface area contributed by atoms with E-state index in [1.807, 2.05) is 6.07 Å². The van der Waals surface area contributed by atoms with Crippen LogP contribution in [0.4, 0.5) is 16.0 Å². The van der Waals surface area contributed by atoms with Crippen molar-refractivity contribution in [1.82, 2.24) is 15.0 Å². The Bertz CT molecular complexity index is 1520. The maximum Gasteiger partial charge on any atom is 0.335 e. The summed E-state index contributed by atoms with van der Waals surface area (Å²) in [5.74, 6) is -1.14. The summed E-state index contributed by atoms with van der Waals surface area (Å²) in [7, 11) is 0. The maximum atomic E-state index is 14.5. The predicted octanol–water partition coefficient (Wildman–Crippen LogP) is 6.08. The molecule has 0 saturated carbocycles. The molecule has 2 N–H and O–H groups in total. The third-order valence-electron chi connectivity index (χ3n) is 4.99. The first-order valence-electron chi connectivity index (χ1n) is 9.61. The zero-order chi connectivity index (χ0) is 22.2. The Morgan fingerprint density at radius 3 is 2.62 bits per heavy atom. The maximum absolute atomic E-state index is 14.5. The molecule has 0 aliphatic heterocycles. The molecule has 0 radical (unpaired) electrons. The van der Waals surface area contributed by atoms with E-state index in [0.717, 1.165) is 5.39 Å². The van der Waals surface area contributed by atoms with E-state index >= 15 is 0 Å². The van der Waals surface area contributed by atoms with Crippen LogP contribution in [-0.2, 0) is 0 Å². The Kier molecular flexibility index (Phi) is 4.88. The molecule has 0 unspecified atom stereocenters. The van der Waals surface area contributed by atoms with Crippen molar-refractivity contribution in [3.63, 3.8) is 0 Å². The first-order valence-corrected chi connectivity index (χ1v) is 9.99. The van der Waals surface area contributed by atoms with Gasteiger partial charge in [-0.05, 0) is 42.5 Å². The Labute approximate surface area is 186 Å². The standard InChI is InChI=1S/C24H14ClFN4O2/c25-14-8-9-16-18(11-14)21(17-6-1-2-7-19(17)26)29-20-12-27-24(30-22(16)20)28-15-5-3-4-13(10-15)23(31)32/h1-12H,(H,31,32)(H,27,28,30). The number of aromatic carboxylic acids is 1. The van der Waals surface area contributed by atoms with Gasteiger partial charge in [0, 0.05) is 27.0 Å². The van der Waals surface area contributed by atoms with Gasteiger partial charge in [-0.1, -0.05) is 35.9 Å². The van der Waals surface area contributed by atoms with Gasteiger partial charge < -0.3 is 10.4 Å². The molecule has 0 atom stereocenters. The third-order valence-corrected chi connectivity index (χ3v) is 5.22. The minimum Gasteiger partial charge on any atom is -0.478 e. The Morgan fingerprint density at radius 1 is 0.969 bits per heavy atom. The van der Waals surface area contributed by atoms with E-state index in [0.29, 0.717) is 38.4 Å². The summed E-state index contributed by atoms with van der Waals surface area (Å²) in [6.07, 6.45) is 1.55. The normalized spacial score (nSPS) is 11.1. The molecule has 6 nitrogen and oxygen atoms in total. The van der Waals surface area contributed by atoms with Gasteiger partial charge in [0.05, 0.1) is 17.5 Å². The van der Waals surface area contributed by atoms with Crippen molar-refractivity contribution in [2.45, 2.75) is 0 Å². The molecule has 2 heterocycles. The lowest BCUT2D eigenvalue weighted by atomic mass is 10.0. The second-order valence-electron chi connectivity index (χ2n) is 7.07. The topological polar surface area (TPSA) is 88.0 Å². The van der Waals surface area contributed by atoms with E-state index in [9.17, 15) is 14.3 Å². The van der Waals surface area contributed by atoms with Gasteiger partial charge in [0.15, 0.2) is 0 Å². The van der Waals surface area contributed by atoms with Crippen molar-refractivity contribution >= 4 is 51.0 Å². The van der Waals surface area contributed by atoms with E-state index in [1.165, 1.54) is 18.2 Å². The average Bonchev–Trinajstić information content (AvgIpc) is 2.79. The summed E-state index contributed by atoms with van der Waals surface area (Å²) in [5.41, 5.74) is 2.53. The number of nitrogens with one attached hydrogen (secondary N) is 1. The lowest BCUT2D eigenvalue weighted by Gasteiger charge is -2.12. The van der Waals surface area contributed by atoms with Crippen LogP contribution >= 0.6 is 11.6 Å². The number of hydrogen-bond donors (Lipinski definition) is 2. The molecule has 0 aliphatic rings. The second kappa shape index (κ2) is 7.86. The van der Waals surface area contributed by atoms with Gasteiger partial charge in [-0.2, -0.15) is 0 Å². The fourth-order valence-corrected chi connectivity index (χ4v) is 3.71. The molecule has 0 amide bonds. The first-order chi connectivity index (χ1) is 15.5. The molecular weight excluding hydrogens is 431 g/mol. The molecule has 5 rings (SSSR count). The zero-order valence-electron chi connectivity index (χ0n) is 16.4. The summed E-state index contributed by atoms with van der Waals surface area (Å²) in [6.45, 7) is 0. The Balaban J connectivity index is 1.68. The van der Waals surface area contributed by atoms with Gasteiger partial charge in [0.2, 0.25) is 5.95 Å². The van der Waals surface area contributed by atoms with Gasteiger partial charge >= 0.3 is 5.97 Å². The number of carboxylic acids is 1. The highest BCUT2D eigenvalue weighted by atomic mass is 35.5. The zero-order valence-corrected chi connectivity index (χ0v) is 17.1. The molecule has 156 valence electrons. The fourth-order valence-electron chi connectivity index (χ4n) is 3.53. The van der Waals surface area contributed by atoms with Gasteiger partial charge in [-0.3, -0.25) is 0 Å². The van der Waals surface area contributed by atoms with Crippen LogP contribution in [0.15, 0.2) is 72.9 Å². The van der Waals surface area contributed by atoms with Crippen molar-refractivity contribution in [1.29, 1.82) is 0 Å². The van der Waals surface area contributed by atoms with E-state index in [4.69, 9.17) is 11.6 Å². The average molecular weight is 445 g/mol. The lowest BCUT2D eigenvalue weighted by molar-refractivity contribution is 0.0697. The molecule has 0 aliphatic carbocycles. The van der Waals surface area contributed by atoms with Gasteiger partial charge in [-0.15, -0.1) is 0 Å². The molecule has 32 heavy (non-hydrogen) atoms. The van der Waals surface area contributed by atoms with Crippen LogP contribution in [-0.4, -0.2) is 26.0 Å². The highest BCUT2D eigenvalue weighted by Gasteiger charge is 2.15. The number of carboxylic acid groups (broad SMARTS) is 1. The van der Waals surface area contributed by atoms with Crippen LogP contribution in [0.1, 0.15) is 10.4 Å². The van der Waals surface area contributed by atoms with Crippen molar-refractivity contribution in [3.05, 3.63) is 89.3 Å². The third kappa shape index (κ3) is 3.59. The summed E-state index contributed by atoms with van der Waals surface area (Å²) in [6, 6.07) is 18.0. The van der Waals surface area contributed by atoms with Crippen molar-refractivity contribution < 1.29 is 14.3 Å². The van der Waals surface area contributed by atoms with Crippen LogP contribution in [0, 0.1) is 5.82 Å². The lowest BCUT2D eigenvalue weighted by Crippen LogP contribution is -2.01. The minimum absolute atomic E-state index is 0.145. The highest BCUT2D eigenvalue weighted by molar-refractivity contribution is 6.31. The summed E-state index contributed by atoms with van der Waals surface area (Å²) in [4.78, 5) is 24.8. The van der Waals surface area contributed by atoms with Crippen LogP contribution < -0.4 is 5.32 Å². The van der Waals surface area contributed by atoms with Crippen LogP contribution in [0.3, 0.4) is 0 Å². The monoisotopic (exact) mass is 444 g/mol. The van der Waals surface area contributed by atoms with E-state index in [2.05, 4.69) is 20.3 Å². The first kappa shape index (κ1) is 19.8. The second-order valence-corrected chi connectivity index (χ2v) is 7.51. The number of anilines is 2. The Morgan fingerprint density at radius 2 is 1.81 bits per heavy atom. The van der Waals surface area contributed by atoms with Crippen LogP contribution in [0.2, 0.25) is 5.02 Å². The number of carbonyl (C=O) groups is 1. The summed E-state index contributed by atoms with van der Waals surface area (Å²) in [5, 5.41) is 14.1. The molecule has 3 aromatic carbocycles. The number of pyridine rings is 1. The van der Waals surface area contributed by atoms with Gasteiger partial charge in [0.1, 0.15) is 16.9 Å². The molecule has 0 bridgehead atoms. The number of benzene rings is 3. The quantitative estimate of drug-likeness (QED) is 0.327. The van der Waals surface area contributed by atoms with Crippen LogP contribution in [0.5, 0.6) is 0 Å². The number of fused-ring (bicyclic) bond motifs is 3. The molecule has 0 spiro atoms. The Hall–Kier alpha value is -4.10. The van der Waals surface area contributed by atoms with Crippen molar-refractivity contribution in [2.24, 2.45) is 0 Å². The summed E-state index contributed by atoms with van der Waals surface area (Å²) >= 11 is 6.23. The van der Waals surface area contributed by atoms with Gasteiger partial charge in [0.25, 0.3) is 0 Å². The van der Waals surface area contributed by atoms with E-state index < -0.39 is 11.8 Å². The minimum atomic E-state index is -1.03. The predicted molar refractivity (Wildman–Crippen MR) is 122 cm³/mol. The van der Waals surface area contributed by atoms with Crippen LogP contribution in [0.25, 0.3) is 33.1 Å². The molecule has 5 aromatic rings. The van der Waals surface area contributed by atoms with Gasteiger partial charge in [-0.25, -0.2) is 24.1 Å². The molecular formula is C24H14ClFN4O2. The molecule has 0 saturated heterocycles.